The Kier molecular flexibility index (Phi) is 4.65. The number of anilines is 1. The molecule has 0 atom stereocenters. The Bertz CT molecular complexity index is 971. The van der Waals surface area contributed by atoms with Gasteiger partial charge in [0.05, 0.1) is 0 Å². The average Bonchev–Trinajstić information content (AvgIpc) is 2.74. The summed E-state index contributed by atoms with van der Waals surface area (Å²) in [5.41, 5.74) is 4.79. The summed E-state index contributed by atoms with van der Waals surface area (Å²) >= 11 is 0. The normalized spacial score (nSPS) is 10.5. The fraction of sp³-hybridized carbons (Fsp3) is 0.0455. The molecule has 4 aromatic rings. The minimum atomic E-state index is 0.521. The summed E-state index contributed by atoms with van der Waals surface area (Å²) in [5, 5.41) is 12.0. The lowest BCUT2D eigenvalue weighted by Crippen LogP contribution is -2.07. The third kappa shape index (κ3) is 3.59. The molecular formula is C22H18N4. The molecule has 0 aliphatic rings. The molecule has 126 valence electrons. The van der Waals surface area contributed by atoms with Crippen LogP contribution in [0, 0.1) is 0 Å². The molecular weight excluding hydrogens is 320 g/mol. The molecule has 1 aromatic heterocycles. The first-order chi connectivity index (χ1) is 12.9. The van der Waals surface area contributed by atoms with Crippen LogP contribution >= 0.6 is 0 Å². The minimum Gasteiger partial charge on any atom is -0.349 e. The van der Waals surface area contributed by atoms with Crippen molar-refractivity contribution in [2.75, 3.05) is 5.32 Å². The Morgan fingerprint density at radius 1 is 0.577 bits per heavy atom. The van der Waals surface area contributed by atoms with E-state index in [1.165, 1.54) is 5.56 Å². The van der Waals surface area contributed by atoms with E-state index in [1.807, 2.05) is 78.9 Å². The van der Waals surface area contributed by atoms with Gasteiger partial charge in [0.1, 0.15) is 11.4 Å². The molecule has 4 heteroatoms. The summed E-state index contributed by atoms with van der Waals surface area (Å²) in [4.78, 5) is 4.75. The second kappa shape index (κ2) is 7.57. The van der Waals surface area contributed by atoms with Crippen LogP contribution in [0.25, 0.3) is 22.5 Å². The first kappa shape index (κ1) is 16.0. The quantitative estimate of drug-likeness (QED) is 0.567. The van der Waals surface area contributed by atoms with Gasteiger partial charge in [0.15, 0.2) is 0 Å². The highest BCUT2D eigenvalue weighted by Crippen LogP contribution is 2.28. The van der Waals surface area contributed by atoms with Gasteiger partial charge in [-0.1, -0.05) is 91.0 Å². The van der Waals surface area contributed by atoms with Gasteiger partial charge in [0, 0.05) is 17.7 Å². The smallest absolute Gasteiger partial charge is 0.243 e. The maximum atomic E-state index is 4.75. The lowest BCUT2D eigenvalue weighted by molar-refractivity contribution is 0.955. The fourth-order valence-electron chi connectivity index (χ4n) is 2.77. The second-order valence-corrected chi connectivity index (χ2v) is 5.90. The van der Waals surface area contributed by atoms with E-state index in [9.17, 15) is 0 Å². The third-order valence-corrected chi connectivity index (χ3v) is 4.07. The van der Waals surface area contributed by atoms with Crippen LogP contribution in [0.15, 0.2) is 91.0 Å². The maximum Gasteiger partial charge on any atom is 0.243 e. The van der Waals surface area contributed by atoms with Crippen LogP contribution in [0.4, 0.5) is 5.95 Å². The molecule has 0 bridgehead atoms. The number of benzene rings is 3. The molecule has 0 saturated carbocycles. The topological polar surface area (TPSA) is 50.7 Å². The zero-order valence-electron chi connectivity index (χ0n) is 14.2. The number of aromatic nitrogens is 3. The summed E-state index contributed by atoms with van der Waals surface area (Å²) in [6, 6.07) is 30.3. The van der Waals surface area contributed by atoms with E-state index in [4.69, 9.17) is 4.98 Å². The standard InChI is InChI=1S/C22H18N4/c1-4-10-17(11-5-1)16-23-22-24-20(18-12-6-2-7-13-18)21(25-26-22)19-14-8-3-9-15-19/h1-15H,16H2,(H,23,24,26). The van der Waals surface area contributed by atoms with Gasteiger partial charge in [0.25, 0.3) is 0 Å². The molecule has 0 amide bonds. The van der Waals surface area contributed by atoms with E-state index < -0.39 is 0 Å². The van der Waals surface area contributed by atoms with Gasteiger partial charge < -0.3 is 5.32 Å². The van der Waals surface area contributed by atoms with Gasteiger partial charge in [0.2, 0.25) is 5.95 Å². The predicted octanol–water partition coefficient (Wildman–Crippen LogP) is 4.82. The minimum absolute atomic E-state index is 0.521. The highest BCUT2D eigenvalue weighted by atomic mass is 15.2. The van der Waals surface area contributed by atoms with Gasteiger partial charge in [-0.2, -0.15) is 0 Å². The van der Waals surface area contributed by atoms with Crippen LogP contribution in [0.5, 0.6) is 0 Å². The van der Waals surface area contributed by atoms with E-state index in [0.29, 0.717) is 12.5 Å². The van der Waals surface area contributed by atoms with E-state index in [2.05, 4.69) is 27.6 Å². The Morgan fingerprint density at radius 2 is 1.12 bits per heavy atom. The van der Waals surface area contributed by atoms with Gasteiger partial charge in [-0.05, 0) is 5.56 Å². The number of hydrogen-bond acceptors (Lipinski definition) is 4. The second-order valence-electron chi connectivity index (χ2n) is 5.90. The molecule has 0 aliphatic carbocycles. The van der Waals surface area contributed by atoms with Crippen molar-refractivity contribution < 1.29 is 0 Å². The Labute approximate surface area is 152 Å². The number of hydrogen-bond donors (Lipinski definition) is 1. The number of nitrogens with zero attached hydrogens (tertiary/aromatic N) is 3. The Balaban J connectivity index is 1.70. The zero-order valence-corrected chi connectivity index (χ0v) is 14.2. The Hall–Kier alpha value is -3.53. The van der Waals surface area contributed by atoms with Gasteiger partial charge in [-0.15, -0.1) is 10.2 Å². The summed E-state index contributed by atoms with van der Waals surface area (Å²) in [5.74, 6) is 0.521. The van der Waals surface area contributed by atoms with Crippen LogP contribution in [0.3, 0.4) is 0 Å². The highest BCUT2D eigenvalue weighted by Gasteiger charge is 2.13. The van der Waals surface area contributed by atoms with Gasteiger partial charge in [-0.3, -0.25) is 0 Å². The summed E-state index contributed by atoms with van der Waals surface area (Å²) in [6.07, 6.45) is 0. The molecule has 0 saturated heterocycles. The monoisotopic (exact) mass is 338 g/mol. The molecule has 4 rings (SSSR count). The van der Waals surface area contributed by atoms with Crippen LogP contribution in [0.2, 0.25) is 0 Å². The van der Waals surface area contributed by atoms with Crippen molar-refractivity contribution in [3.8, 4) is 22.5 Å². The molecule has 1 N–H and O–H groups in total. The van der Waals surface area contributed by atoms with Crippen molar-refractivity contribution >= 4 is 5.95 Å². The largest absolute Gasteiger partial charge is 0.349 e. The summed E-state index contributed by atoms with van der Waals surface area (Å²) in [6.45, 7) is 0.654. The molecule has 4 nitrogen and oxygen atoms in total. The van der Waals surface area contributed by atoms with Crippen molar-refractivity contribution in [3.63, 3.8) is 0 Å². The van der Waals surface area contributed by atoms with Crippen molar-refractivity contribution in [1.82, 2.24) is 15.2 Å². The van der Waals surface area contributed by atoms with E-state index in [0.717, 1.165) is 22.5 Å². The van der Waals surface area contributed by atoms with Gasteiger partial charge >= 0.3 is 0 Å². The molecule has 0 radical (unpaired) electrons. The van der Waals surface area contributed by atoms with Crippen LogP contribution < -0.4 is 5.32 Å². The van der Waals surface area contributed by atoms with E-state index in [1.54, 1.807) is 0 Å². The van der Waals surface area contributed by atoms with Crippen molar-refractivity contribution in [1.29, 1.82) is 0 Å². The molecule has 0 spiro atoms. The first-order valence-corrected chi connectivity index (χ1v) is 8.53. The summed E-state index contributed by atoms with van der Waals surface area (Å²) < 4.78 is 0. The highest BCUT2D eigenvalue weighted by molar-refractivity contribution is 5.77. The van der Waals surface area contributed by atoms with Crippen molar-refractivity contribution in [2.45, 2.75) is 6.54 Å². The van der Waals surface area contributed by atoms with Crippen LogP contribution in [0.1, 0.15) is 5.56 Å². The number of nitrogens with one attached hydrogen (secondary N) is 1. The van der Waals surface area contributed by atoms with Gasteiger partial charge in [-0.25, -0.2) is 4.98 Å². The molecule has 0 unspecified atom stereocenters. The zero-order chi connectivity index (χ0) is 17.6. The average molecular weight is 338 g/mol. The maximum absolute atomic E-state index is 4.75. The lowest BCUT2D eigenvalue weighted by Gasteiger charge is -2.10. The van der Waals surface area contributed by atoms with E-state index in [-0.39, 0.29) is 0 Å². The summed E-state index contributed by atoms with van der Waals surface area (Å²) in [7, 11) is 0. The van der Waals surface area contributed by atoms with Crippen LogP contribution in [-0.2, 0) is 6.54 Å². The SMILES string of the molecule is c1ccc(CNc2nnc(-c3ccccc3)c(-c3ccccc3)n2)cc1. The third-order valence-electron chi connectivity index (χ3n) is 4.07. The fourth-order valence-corrected chi connectivity index (χ4v) is 2.77. The number of rotatable bonds is 5. The molecule has 3 aromatic carbocycles. The lowest BCUT2D eigenvalue weighted by atomic mass is 10.0. The molecule has 1 heterocycles. The van der Waals surface area contributed by atoms with Crippen LogP contribution in [-0.4, -0.2) is 15.2 Å². The van der Waals surface area contributed by atoms with E-state index >= 15 is 0 Å². The Morgan fingerprint density at radius 3 is 1.73 bits per heavy atom. The predicted molar refractivity (Wildman–Crippen MR) is 104 cm³/mol. The first-order valence-electron chi connectivity index (χ1n) is 8.53. The van der Waals surface area contributed by atoms with Crippen molar-refractivity contribution in [2.24, 2.45) is 0 Å². The molecule has 0 fully saturated rings. The molecule has 26 heavy (non-hydrogen) atoms. The molecule has 0 aliphatic heterocycles. The van der Waals surface area contributed by atoms with Crippen molar-refractivity contribution in [3.05, 3.63) is 96.6 Å².